The molecule has 2 nitrogen and oxygen atoms in total. The van der Waals surface area contributed by atoms with Gasteiger partial charge in [-0.15, -0.1) is 0 Å². The Balaban J connectivity index is 1.25. The number of aromatic nitrogens is 1. The highest BCUT2D eigenvalue weighted by Gasteiger charge is 2.38. The first-order chi connectivity index (χ1) is 26.0. The zero-order valence-electron chi connectivity index (χ0n) is 29.7. The van der Waals surface area contributed by atoms with Gasteiger partial charge in [0.25, 0.3) is 0 Å². The van der Waals surface area contributed by atoms with Gasteiger partial charge in [-0.25, -0.2) is 0 Å². The molecule has 0 fully saturated rings. The minimum Gasteiger partial charge on any atom is -0.309 e. The van der Waals surface area contributed by atoms with Crippen LogP contribution in [0.2, 0.25) is 0 Å². The summed E-state index contributed by atoms with van der Waals surface area (Å²) in [7, 11) is 0. The van der Waals surface area contributed by atoms with E-state index in [-0.39, 0.29) is 5.41 Å². The van der Waals surface area contributed by atoms with Crippen molar-refractivity contribution < 1.29 is 0 Å². The maximum atomic E-state index is 2.51. The normalized spacial score (nSPS) is 13.2. The summed E-state index contributed by atoms with van der Waals surface area (Å²) in [4.78, 5) is 2.51. The van der Waals surface area contributed by atoms with Crippen molar-refractivity contribution in [2.75, 3.05) is 4.90 Å². The van der Waals surface area contributed by atoms with Gasteiger partial charge in [-0.3, -0.25) is 0 Å². The van der Waals surface area contributed by atoms with Crippen molar-refractivity contribution in [3.8, 4) is 16.8 Å². The Morgan fingerprint density at radius 2 is 1.04 bits per heavy atom. The van der Waals surface area contributed by atoms with Crippen molar-refractivity contribution in [3.63, 3.8) is 0 Å². The number of nitrogens with zero attached hydrogens (tertiary/aromatic N) is 2. The van der Waals surface area contributed by atoms with Crippen LogP contribution in [0.4, 0.5) is 17.1 Å². The number of benzene rings is 9. The molecule has 0 unspecified atom stereocenters. The van der Waals surface area contributed by atoms with Gasteiger partial charge in [0, 0.05) is 38.5 Å². The standard InChI is InChI=1S/C51H36N2/c1-51(2)44-21-10-9-20-42(44)50-45(51)22-12-24-47(50)52(46-23-11-18-34-14-7-8-19-40(34)46)39-27-28-41-43-30-36-16-5-6-17-37(36)31-48(43)53(49(41)32-39)38-26-25-33-13-3-4-15-35(33)29-38/h3-32H,1-2H3. The number of rotatable bonds is 4. The third kappa shape index (κ3) is 4.39. The lowest BCUT2D eigenvalue weighted by molar-refractivity contribution is 0.660. The Morgan fingerprint density at radius 3 is 1.89 bits per heavy atom. The summed E-state index contributed by atoms with van der Waals surface area (Å²) < 4.78 is 2.47. The molecule has 1 heterocycles. The van der Waals surface area contributed by atoms with Crippen LogP contribution in [0.5, 0.6) is 0 Å². The van der Waals surface area contributed by atoms with Crippen LogP contribution in [0.1, 0.15) is 25.0 Å². The van der Waals surface area contributed by atoms with E-state index in [9.17, 15) is 0 Å². The molecule has 1 aromatic heterocycles. The molecule has 0 radical (unpaired) electrons. The van der Waals surface area contributed by atoms with Crippen molar-refractivity contribution in [2.24, 2.45) is 0 Å². The molecular weight excluding hydrogens is 641 g/mol. The molecule has 2 heteroatoms. The lowest BCUT2D eigenvalue weighted by Gasteiger charge is -2.30. The van der Waals surface area contributed by atoms with Crippen molar-refractivity contribution in [2.45, 2.75) is 19.3 Å². The zero-order chi connectivity index (χ0) is 35.3. The number of anilines is 3. The average molecular weight is 677 g/mol. The van der Waals surface area contributed by atoms with Crippen molar-refractivity contribution in [1.29, 1.82) is 0 Å². The fourth-order valence-electron chi connectivity index (χ4n) is 9.16. The fraction of sp³-hybridized carbons (Fsp3) is 0.0588. The second-order valence-corrected chi connectivity index (χ2v) is 15.0. The SMILES string of the molecule is CC1(C)c2ccccc2-c2c(N(c3ccc4c5cc6ccccc6cc5n(-c5ccc6ccccc6c5)c4c3)c3cccc4ccccc34)cccc21. The van der Waals surface area contributed by atoms with E-state index in [0.717, 1.165) is 17.1 Å². The molecule has 0 saturated carbocycles. The van der Waals surface area contributed by atoms with Crippen molar-refractivity contribution in [3.05, 3.63) is 193 Å². The molecule has 0 spiro atoms. The summed E-state index contributed by atoms with van der Waals surface area (Å²) in [5, 5.41) is 9.91. The molecule has 1 aliphatic carbocycles. The maximum Gasteiger partial charge on any atom is 0.0561 e. The summed E-state index contributed by atoms with van der Waals surface area (Å²) >= 11 is 0. The molecule has 53 heavy (non-hydrogen) atoms. The van der Waals surface area contributed by atoms with Gasteiger partial charge in [0.2, 0.25) is 0 Å². The molecule has 0 aliphatic heterocycles. The molecular formula is C51H36N2. The van der Waals surface area contributed by atoms with Gasteiger partial charge >= 0.3 is 0 Å². The van der Waals surface area contributed by atoms with Gasteiger partial charge in [-0.2, -0.15) is 0 Å². The van der Waals surface area contributed by atoms with E-state index in [4.69, 9.17) is 0 Å². The monoisotopic (exact) mass is 676 g/mol. The van der Waals surface area contributed by atoms with Crippen LogP contribution in [0.3, 0.4) is 0 Å². The molecule has 1 aliphatic rings. The Morgan fingerprint density at radius 1 is 0.415 bits per heavy atom. The molecule has 9 aromatic carbocycles. The van der Waals surface area contributed by atoms with E-state index in [2.05, 4.69) is 205 Å². The molecule has 0 saturated heterocycles. The topological polar surface area (TPSA) is 8.17 Å². The van der Waals surface area contributed by atoms with E-state index < -0.39 is 0 Å². The van der Waals surface area contributed by atoms with E-state index in [1.165, 1.54) is 82.1 Å². The second-order valence-electron chi connectivity index (χ2n) is 15.0. The van der Waals surface area contributed by atoms with E-state index in [0.29, 0.717) is 0 Å². The first-order valence-corrected chi connectivity index (χ1v) is 18.5. The number of hydrogen-bond acceptors (Lipinski definition) is 1. The molecule has 0 bridgehead atoms. The summed E-state index contributed by atoms with van der Waals surface area (Å²) in [5.41, 5.74) is 12.3. The average Bonchev–Trinajstić information content (AvgIpc) is 3.64. The lowest BCUT2D eigenvalue weighted by Crippen LogP contribution is -2.16. The summed E-state index contributed by atoms with van der Waals surface area (Å²) in [6, 6.07) is 67.4. The Kier molecular flexibility index (Phi) is 6.33. The highest BCUT2D eigenvalue weighted by molar-refractivity contribution is 6.15. The second kappa shape index (κ2) is 11.2. The molecule has 10 aromatic rings. The van der Waals surface area contributed by atoms with E-state index >= 15 is 0 Å². The highest BCUT2D eigenvalue weighted by Crippen LogP contribution is 2.55. The van der Waals surface area contributed by atoms with Crippen LogP contribution in [-0.2, 0) is 5.41 Å². The molecule has 11 rings (SSSR count). The summed E-state index contributed by atoms with van der Waals surface area (Å²) in [5.74, 6) is 0. The van der Waals surface area contributed by atoms with Gasteiger partial charge in [0.1, 0.15) is 0 Å². The minimum atomic E-state index is -0.110. The van der Waals surface area contributed by atoms with Crippen LogP contribution in [-0.4, -0.2) is 4.57 Å². The Bertz CT molecular complexity index is 3100. The van der Waals surface area contributed by atoms with Crippen LogP contribution in [0.25, 0.3) is 70.9 Å². The van der Waals surface area contributed by atoms with Crippen molar-refractivity contribution in [1.82, 2.24) is 4.57 Å². The van der Waals surface area contributed by atoms with Crippen molar-refractivity contribution >= 4 is 71.2 Å². The smallest absolute Gasteiger partial charge is 0.0561 e. The fourth-order valence-corrected chi connectivity index (χ4v) is 9.16. The highest BCUT2D eigenvalue weighted by atomic mass is 15.1. The van der Waals surface area contributed by atoms with E-state index in [1.54, 1.807) is 0 Å². The third-order valence-electron chi connectivity index (χ3n) is 11.7. The molecule has 250 valence electrons. The zero-order valence-corrected chi connectivity index (χ0v) is 29.7. The maximum absolute atomic E-state index is 2.51. The van der Waals surface area contributed by atoms with Crippen LogP contribution < -0.4 is 4.90 Å². The van der Waals surface area contributed by atoms with Crippen LogP contribution >= 0.6 is 0 Å². The molecule has 0 atom stereocenters. The predicted octanol–water partition coefficient (Wildman–Crippen LogP) is 14.0. The summed E-state index contributed by atoms with van der Waals surface area (Å²) in [6.45, 7) is 4.73. The van der Waals surface area contributed by atoms with Crippen LogP contribution in [0.15, 0.2) is 182 Å². The number of hydrogen-bond donors (Lipinski definition) is 0. The molecule has 0 N–H and O–H groups in total. The first-order valence-electron chi connectivity index (χ1n) is 18.5. The lowest BCUT2D eigenvalue weighted by atomic mass is 9.82. The quantitative estimate of drug-likeness (QED) is 0.180. The van der Waals surface area contributed by atoms with Gasteiger partial charge in [-0.1, -0.05) is 147 Å². The minimum absolute atomic E-state index is 0.110. The summed E-state index contributed by atoms with van der Waals surface area (Å²) in [6.07, 6.45) is 0. The van der Waals surface area contributed by atoms with E-state index in [1.807, 2.05) is 0 Å². The first kappa shape index (κ1) is 30.0. The van der Waals surface area contributed by atoms with Gasteiger partial charge in [-0.05, 0) is 92.2 Å². The van der Waals surface area contributed by atoms with Crippen LogP contribution in [0, 0.1) is 0 Å². The molecule has 0 amide bonds. The van der Waals surface area contributed by atoms with Gasteiger partial charge < -0.3 is 9.47 Å². The van der Waals surface area contributed by atoms with Gasteiger partial charge in [0.15, 0.2) is 0 Å². The third-order valence-corrected chi connectivity index (χ3v) is 11.7. The number of fused-ring (bicyclic) bond motifs is 9. The Hall–Kier alpha value is -6.64. The predicted molar refractivity (Wildman–Crippen MR) is 226 cm³/mol. The largest absolute Gasteiger partial charge is 0.309 e. The Labute approximate surface area is 308 Å². The van der Waals surface area contributed by atoms with Gasteiger partial charge in [0.05, 0.1) is 22.4 Å².